The number of nitrogens with zero attached hydrogens (tertiary/aromatic N) is 3. The van der Waals surface area contributed by atoms with Crippen molar-refractivity contribution in [3.63, 3.8) is 0 Å². The predicted molar refractivity (Wildman–Crippen MR) is 102 cm³/mol. The number of fused-ring (bicyclic) bond motifs is 2. The highest BCUT2D eigenvalue weighted by molar-refractivity contribution is 7.17. The van der Waals surface area contributed by atoms with Gasteiger partial charge in [0.2, 0.25) is 5.89 Å². The summed E-state index contributed by atoms with van der Waals surface area (Å²) < 4.78 is 20.4. The van der Waals surface area contributed by atoms with Gasteiger partial charge in [-0.1, -0.05) is 24.3 Å². The van der Waals surface area contributed by atoms with E-state index < -0.39 is 0 Å². The van der Waals surface area contributed by atoms with Crippen molar-refractivity contribution in [3.05, 3.63) is 82.3 Å². The van der Waals surface area contributed by atoms with Crippen LogP contribution in [-0.4, -0.2) is 14.5 Å². The molecule has 3 heterocycles. The van der Waals surface area contributed by atoms with Gasteiger partial charge in [-0.15, -0.1) is 11.3 Å². The molecule has 5 aromatic rings. The summed E-state index contributed by atoms with van der Waals surface area (Å²) in [6, 6.07) is 13.5. The fraction of sp³-hybridized carbons (Fsp3) is 0.0500. The highest BCUT2D eigenvalue weighted by Crippen LogP contribution is 2.30. The molecular weight excluding hydrogens is 365 g/mol. The van der Waals surface area contributed by atoms with Gasteiger partial charge in [0, 0.05) is 10.9 Å². The van der Waals surface area contributed by atoms with Crippen molar-refractivity contribution in [2.24, 2.45) is 0 Å². The molecule has 0 saturated heterocycles. The van der Waals surface area contributed by atoms with Crippen LogP contribution in [0.1, 0.15) is 5.89 Å². The molecule has 5 nitrogen and oxygen atoms in total. The molecule has 0 unspecified atom stereocenters. The lowest BCUT2D eigenvalue weighted by Gasteiger charge is -2.04. The van der Waals surface area contributed by atoms with Gasteiger partial charge in [0.05, 0.1) is 11.7 Å². The molecule has 0 spiro atoms. The van der Waals surface area contributed by atoms with Crippen molar-refractivity contribution in [2.45, 2.75) is 6.54 Å². The van der Waals surface area contributed by atoms with Crippen LogP contribution in [0.3, 0.4) is 0 Å². The maximum atomic E-state index is 13.2. The lowest BCUT2D eigenvalue weighted by Crippen LogP contribution is -2.21. The minimum absolute atomic E-state index is 0.178. The fourth-order valence-corrected chi connectivity index (χ4v) is 3.96. The van der Waals surface area contributed by atoms with E-state index in [1.54, 1.807) is 12.1 Å². The highest BCUT2D eigenvalue weighted by Gasteiger charge is 2.15. The molecule has 0 saturated carbocycles. The van der Waals surface area contributed by atoms with E-state index in [4.69, 9.17) is 4.42 Å². The molecule has 0 bridgehead atoms. The standard InChI is InChI=1S/C20H12FN3O2S/c21-13-7-5-12(6-8-13)14-10-27-19-18(14)20(25)24(11-22-19)9-17-23-15-3-1-2-4-16(15)26-17/h1-8,10-11H,9H2. The Morgan fingerprint density at radius 2 is 1.93 bits per heavy atom. The molecule has 0 aliphatic heterocycles. The first-order valence-electron chi connectivity index (χ1n) is 8.26. The largest absolute Gasteiger partial charge is 0.439 e. The van der Waals surface area contributed by atoms with Crippen LogP contribution in [0, 0.1) is 5.82 Å². The van der Waals surface area contributed by atoms with Gasteiger partial charge in [0.1, 0.15) is 22.7 Å². The van der Waals surface area contributed by atoms with E-state index in [2.05, 4.69) is 9.97 Å². The first kappa shape index (κ1) is 15.9. The normalized spacial score (nSPS) is 11.4. The number of rotatable bonds is 3. The van der Waals surface area contributed by atoms with Crippen LogP contribution in [0.4, 0.5) is 4.39 Å². The second-order valence-corrected chi connectivity index (χ2v) is 6.95. The van der Waals surface area contributed by atoms with Crippen LogP contribution in [0.5, 0.6) is 0 Å². The third-order valence-corrected chi connectivity index (χ3v) is 5.25. The van der Waals surface area contributed by atoms with E-state index in [-0.39, 0.29) is 17.9 Å². The fourth-order valence-electron chi connectivity index (χ4n) is 3.06. The Hall–Kier alpha value is -3.32. The van der Waals surface area contributed by atoms with Crippen molar-refractivity contribution in [2.75, 3.05) is 0 Å². The Kier molecular flexibility index (Phi) is 3.61. The average Bonchev–Trinajstić information content (AvgIpc) is 3.28. The SMILES string of the molecule is O=c1c2c(-c3ccc(F)cc3)csc2ncn1Cc1nc2ccccc2o1. The molecule has 0 aliphatic carbocycles. The summed E-state index contributed by atoms with van der Waals surface area (Å²) in [5.41, 5.74) is 2.78. The van der Waals surface area contributed by atoms with Crippen LogP contribution >= 0.6 is 11.3 Å². The zero-order valence-electron chi connectivity index (χ0n) is 13.9. The summed E-state index contributed by atoms with van der Waals surface area (Å²) in [4.78, 5) is 22.5. The van der Waals surface area contributed by atoms with E-state index in [1.807, 2.05) is 29.6 Å². The van der Waals surface area contributed by atoms with Gasteiger partial charge < -0.3 is 4.42 Å². The molecule has 0 amide bonds. The summed E-state index contributed by atoms with van der Waals surface area (Å²) in [7, 11) is 0. The Morgan fingerprint density at radius 3 is 2.74 bits per heavy atom. The van der Waals surface area contributed by atoms with Crippen molar-refractivity contribution < 1.29 is 8.81 Å². The van der Waals surface area contributed by atoms with Gasteiger partial charge in [0.25, 0.3) is 5.56 Å². The van der Waals surface area contributed by atoms with Gasteiger partial charge in [-0.25, -0.2) is 14.4 Å². The number of halogens is 1. The maximum Gasteiger partial charge on any atom is 0.263 e. The first-order valence-corrected chi connectivity index (χ1v) is 9.14. The topological polar surface area (TPSA) is 60.9 Å². The third-order valence-electron chi connectivity index (χ3n) is 4.36. The van der Waals surface area contributed by atoms with Gasteiger partial charge >= 0.3 is 0 Å². The highest BCUT2D eigenvalue weighted by atomic mass is 32.1. The van der Waals surface area contributed by atoms with E-state index in [0.29, 0.717) is 21.7 Å². The monoisotopic (exact) mass is 377 g/mol. The number of aromatic nitrogens is 3. The number of hydrogen-bond donors (Lipinski definition) is 0. The van der Waals surface area contributed by atoms with Gasteiger partial charge in [-0.3, -0.25) is 9.36 Å². The Labute approximate surface area is 156 Å². The van der Waals surface area contributed by atoms with Gasteiger partial charge in [-0.2, -0.15) is 0 Å². The van der Waals surface area contributed by atoms with Crippen LogP contribution < -0.4 is 5.56 Å². The summed E-state index contributed by atoms with van der Waals surface area (Å²) in [6.07, 6.45) is 1.50. The van der Waals surface area contributed by atoms with E-state index >= 15 is 0 Å². The van der Waals surface area contributed by atoms with E-state index in [0.717, 1.165) is 16.6 Å². The van der Waals surface area contributed by atoms with Crippen LogP contribution in [0.25, 0.3) is 32.4 Å². The van der Waals surface area contributed by atoms with Crippen LogP contribution in [0.2, 0.25) is 0 Å². The Bertz CT molecular complexity index is 1300. The number of thiophene rings is 1. The van der Waals surface area contributed by atoms with Gasteiger partial charge in [-0.05, 0) is 29.8 Å². The van der Waals surface area contributed by atoms with Crippen molar-refractivity contribution in [3.8, 4) is 11.1 Å². The second-order valence-electron chi connectivity index (χ2n) is 6.09. The molecule has 0 fully saturated rings. The molecule has 7 heteroatoms. The molecule has 0 N–H and O–H groups in total. The number of oxazole rings is 1. The zero-order chi connectivity index (χ0) is 18.4. The Morgan fingerprint density at radius 1 is 1.11 bits per heavy atom. The van der Waals surface area contributed by atoms with Gasteiger partial charge in [0.15, 0.2) is 5.58 Å². The molecular formula is C20H12FN3O2S. The van der Waals surface area contributed by atoms with E-state index in [9.17, 15) is 9.18 Å². The molecule has 0 atom stereocenters. The summed E-state index contributed by atoms with van der Waals surface area (Å²) >= 11 is 1.39. The summed E-state index contributed by atoms with van der Waals surface area (Å²) in [5.74, 6) is 0.128. The lowest BCUT2D eigenvalue weighted by molar-refractivity contribution is 0.503. The minimum Gasteiger partial charge on any atom is -0.439 e. The van der Waals surface area contributed by atoms with Crippen LogP contribution in [-0.2, 0) is 6.54 Å². The molecule has 132 valence electrons. The number of para-hydroxylation sites is 2. The zero-order valence-corrected chi connectivity index (χ0v) is 14.7. The maximum absolute atomic E-state index is 13.2. The third kappa shape index (κ3) is 2.72. The van der Waals surface area contributed by atoms with Crippen molar-refractivity contribution in [1.29, 1.82) is 0 Å². The summed E-state index contributed by atoms with van der Waals surface area (Å²) in [6.45, 7) is 0.190. The second kappa shape index (κ2) is 6.14. The molecule has 3 aromatic heterocycles. The van der Waals surface area contributed by atoms with Crippen molar-refractivity contribution in [1.82, 2.24) is 14.5 Å². The first-order chi connectivity index (χ1) is 13.2. The lowest BCUT2D eigenvalue weighted by atomic mass is 10.1. The molecule has 5 rings (SSSR count). The van der Waals surface area contributed by atoms with E-state index in [1.165, 1.54) is 34.4 Å². The molecule has 0 aliphatic rings. The summed E-state index contributed by atoms with van der Waals surface area (Å²) in [5, 5.41) is 2.39. The minimum atomic E-state index is -0.315. The molecule has 27 heavy (non-hydrogen) atoms. The number of hydrogen-bond acceptors (Lipinski definition) is 5. The molecule has 2 aromatic carbocycles. The Balaban J connectivity index is 1.61. The predicted octanol–water partition coefficient (Wildman–Crippen LogP) is 4.45. The average molecular weight is 377 g/mol. The van der Waals surface area contributed by atoms with Crippen molar-refractivity contribution >= 4 is 32.7 Å². The smallest absolute Gasteiger partial charge is 0.263 e. The molecule has 0 radical (unpaired) electrons. The van der Waals surface area contributed by atoms with Crippen LogP contribution in [0.15, 0.2) is 69.5 Å². The number of benzene rings is 2. The quantitative estimate of drug-likeness (QED) is 0.466.